The van der Waals surface area contributed by atoms with Gasteiger partial charge in [-0.3, -0.25) is 0 Å². The number of anilines is 2. The number of nitrogens with zero attached hydrogens (tertiary/aromatic N) is 1. The van der Waals surface area contributed by atoms with E-state index < -0.39 is 0 Å². The van der Waals surface area contributed by atoms with Gasteiger partial charge in [-0.25, -0.2) is 4.79 Å². The summed E-state index contributed by atoms with van der Waals surface area (Å²) in [6.45, 7) is 10.1. The summed E-state index contributed by atoms with van der Waals surface area (Å²) in [5.41, 5.74) is 4.48. The van der Waals surface area contributed by atoms with Crippen molar-refractivity contribution >= 4 is 17.4 Å². The van der Waals surface area contributed by atoms with E-state index in [0.29, 0.717) is 6.54 Å². The van der Waals surface area contributed by atoms with Crippen molar-refractivity contribution < 1.29 is 9.69 Å². The molecule has 1 heterocycles. The van der Waals surface area contributed by atoms with Crippen LogP contribution in [0.4, 0.5) is 16.2 Å². The van der Waals surface area contributed by atoms with Crippen LogP contribution < -0.4 is 20.4 Å². The first-order valence-electron chi connectivity index (χ1n) is 9.38. The number of amides is 2. The fourth-order valence-corrected chi connectivity index (χ4v) is 3.38. The molecule has 5 heteroatoms. The predicted octanol–water partition coefficient (Wildman–Crippen LogP) is 1.83. The lowest BCUT2D eigenvalue weighted by Crippen LogP contribution is -3.15. The number of quaternary nitrogens is 1. The van der Waals surface area contributed by atoms with Crippen molar-refractivity contribution in [2.24, 2.45) is 0 Å². The molecule has 1 saturated heterocycles. The Bertz CT molecular complexity index is 724. The van der Waals surface area contributed by atoms with Crippen LogP contribution >= 0.6 is 0 Å². The molecule has 0 aliphatic carbocycles. The van der Waals surface area contributed by atoms with E-state index in [1.54, 1.807) is 4.90 Å². The van der Waals surface area contributed by atoms with Gasteiger partial charge in [0.25, 0.3) is 0 Å². The summed E-state index contributed by atoms with van der Waals surface area (Å²) in [5, 5.41) is 5.93. The van der Waals surface area contributed by atoms with Crippen LogP contribution in [0.15, 0.2) is 48.5 Å². The van der Waals surface area contributed by atoms with E-state index in [4.69, 9.17) is 0 Å². The molecule has 0 unspecified atom stereocenters. The van der Waals surface area contributed by atoms with Crippen LogP contribution in [0.25, 0.3) is 0 Å². The molecule has 138 valence electrons. The molecule has 5 nitrogen and oxygen atoms in total. The van der Waals surface area contributed by atoms with Crippen LogP contribution in [-0.2, 0) is 0 Å². The zero-order valence-corrected chi connectivity index (χ0v) is 15.7. The number of nitrogens with one attached hydrogen (secondary N) is 3. The summed E-state index contributed by atoms with van der Waals surface area (Å²) in [6, 6.07) is 16.4. The molecule has 2 aromatic carbocycles. The number of carbonyl (C=O) groups is 1. The van der Waals surface area contributed by atoms with Crippen molar-refractivity contribution in [2.45, 2.75) is 13.8 Å². The maximum Gasteiger partial charge on any atom is 0.319 e. The van der Waals surface area contributed by atoms with Crippen molar-refractivity contribution in [1.82, 2.24) is 5.32 Å². The fraction of sp³-hybridized carbons (Fsp3) is 0.381. The largest absolute Gasteiger partial charge is 0.360 e. The molecular weight excluding hydrogens is 324 g/mol. The van der Waals surface area contributed by atoms with Gasteiger partial charge in [0.05, 0.1) is 39.3 Å². The van der Waals surface area contributed by atoms with Crippen molar-refractivity contribution in [3.05, 3.63) is 59.7 Å². The van der Waals surface area contributed by atoms with Crippen LogP contribution in [-0.4, -0.2) is 45.3 Å². The Kier molecular flexibility index (Phi) is 6.12. The van der Waals surface area contributed by atoms with Crippen molar-refractivity contribution in [1.29, 1.82) is 0 Å². The maximum atomic E-state index is 12.1. The highest BCUT2D eigenvalue weighted by Gasteiger charge is 2.19. The van der Waals surface area contributed by atoms with Gasteiger partial charge < -0.3 is 20.4 Å². The van der Waals surface area contributed by atoms with Crippen molar-refractivity contribution in [2.75, 3.05) is 49.5 Å². The summed E-state index contributed by atoms with van der Waals surface area (Å²) >= 11 is 0. The van der Waals surface area contributed by atoms with Crippen LogP contribution in [0.3, 0.4) is 0 Å². The lowest BCUT2D eigenvalue weighted by molar-refractivity contribution is -0.899. The summed E-state index contributed by atoms with van der Waals surface area (Å²) in [6.07, 6.45) is 0. The van der Waals surface area contributed by atoms with Gasteiger partial charge in [-0.15, -0.1) is 0 Å². The minimum Gasteiger partial charge on any atom is -0.360 e. The standard InChI is InChI=1S/C21H28N4O/c1-17-7-6-10-20(18(17)2)23-21(26)22-11-12-24-13-15-25(16-14-24)19-8-4-3-5-9-19/h3-10H,11-16H2,1-2H3,(H2,22,23,26)/p+1. The van der Waals surface area contributed by atoms with Crippen molar-refractivity contribution in [3.63, 3.8) is 0 Å². The van der Waals surface area contributed by atoms with Gasteiger partial charge in [0.2, 0.25) is 0 Å². The highest BCUT2D eigenvalue weighted by atomic mass is 16.2. The summed E-state index contributed by atoms with van der Waals surface area (Å²) in [4.78, 5) is 16.1. The molecule has 0 bridgehead atoms. The molecule has 1 aliphatic rings. The molecule has 26 heavy (non-hydrogen) atoms. The molecule has 3 rings (SSSR count). The molecule has 0 aromatic heterocycles. The van der Waals surface area contributed by atoms with Gasteiger partial charge in [-0.1, -0.05) is 30.3 Å². The molecule has 2 amide bonds. The van der Waals surface area contributed by atoms with E-state index in [2.05, 4.69) is 58.9 Å². The predicted molar refractivity (Wildman–Crippen MR) is 107 cm³/mol. The maximum absolute atomic E-state index is 12.1. The molecule has 0 spiro atoms. The van der Waals surface area contributed by atoms with Gasteiger partial charge >= 0.3 is 6.03 Å². The zero-order chi connectivity index (χ0) is 18.4. The second-order valence-electron chi connectivity index (χ2n) is 6.95. The Morgan fingerprint density at radius 2 is 1.77 bits per heavy atom. The molecule has 0 saturated carbocycles. The smallest absolute Gasteiger partial charge is 0.319 e. The van der Waals surface area contributed by atoms with E-state index in [0.717, 1.165) is 44.0 Å². The Labute approximate surface area is 156 Å². The summed E-state index contributed by atoms with van der Waals surface area (Å²) in [5.74, 6) is 0. The fourth-order valence-electron chi connectivity index (χ4n) is 3.38. The Morgan fingerprint density at radius 1 is 1.04 bits per heavy atom. The first kappa shape index (κ1) is 18.3. The number of piperazine rings is 1. The minimum atomic E-state index is -0.124. The Morgan fingerprint density at radius 3 is 2.50 bits per heavy atom. The van der Waals surface area contributed by atoms with Gasteiger partial charge in [-0.2, -0.15) is 0 Å². The number of urea groups is 1. The quantitative estimate of drug-likeness (QED) is 0.768. The average molecular weight is 353 g/mol. The average Bonchev–Trinajstić information content (AvgIpc) is 2.67. The van der Waals surface area contributed by atoms with E-state index in [-0.39, 0.29) is 6.03 Å². The molecule has 0 atom stereocenters. The molecule has 3 N–H and O–H groups in total. The summed E-state index contributed by atoms with van der Waals surface area (Å²) < 4.78 is 0. The molecule has 2 aromatic rings. The number of benzene rings is 2. The van der Waals surface area contributed by atoms with Crippen LogP contribution in [0.1, 0.15) is 11.1 Å². The number of rotatable bonds is 5. The van der Waals surface area contributed by atoms with Gasteiger partial charge in [0, 0.05) is 11.4 Å². The van der Waals surface area contributed by atoms with Crippen LogP contribution in [0.5, 0.6) is 0 Å². The number of hydrogen-bond acceptors (Lipinski definition) is 2. The van der Waals surface area contributed by atoms with E-state index in [9.17, 15) is 4.79 Å². The van der Waals surface area contributed by atoms with E-state index in [1.165, 1.54) is 11.3 Å². The van der Waals surface area contributed by atoms with Crippen LogP contribution in [0.2, 0.25) is 0 Å². The number of para-hydroxylation sites is 1. The first-order chi connectivity index (χ1) is 12.6. The number of hydrogen-bond donors (Lipinski definition) is 3. The van der Waals surface area contributed by atoms with Gasteiger partial charge in [-0.05, 0) is 43.2 Å². The zero-order valence-electron chi connectivity index (χ0n) is 15.7. The second-order valence-corrected chi connectivity index (χ2v) is 6.95. The molecule has 1 aliphatic heterocycles. The highest BCUT2D eigenvalue weighted by molar-refractivity contribution is 5.90. The van der Waals surface area contributed by atoms with E-state index in [1.807, 2.05) is 19.1 Å². The lowest BCUT2D eigenvalue weighted by atomic mass is 10.1. The first-order valence-corrected chi connectivity index (χ1v) is 9.38. The third kappa shape index (κ3) is 4.76. The minimum absolute atomic E-state index is 0.124. The summed E-state index contributed by atoms with van der Waals surface area (Å²) in [7, 11) is 0. The number of carbonyl (C=O) groups excluding carboxylic acids is 1. The van der Waals surface area contributed by atoms with Gasteiger partial charge in [0.15, 0.2) is 0 Å². The second kappa shape index (κ2) is 8.72. The molecular formula is C21H29N4O+. The third-order valence-corrected chi connectivity index (χ3v) is 5.21. The topological polar surface area (TPSA) is 48.8 Å². The molecule has 1 fully saturated rings. The highest BCUT2D eigenvalue weighted by Crippen LogP contribution is 2.17. The Balaban J connectivity index is 1.38. The lowest BCUT2D eigenvalue weighted by Gasteiger charge is -2.33. The number of aryl methyl sites for hydroxylation is 1. The van der Waals surface area contributed by atoms with Crippen LogP contribution in [0, 0.1) is 13.8 Å². The SMILES string of the molecule is Cc1cccc(NC(=O)NCC[NH+]2CCN(c3ccccc3)CC2)c1C. The third-order valence-electron chi connectivity index (χ3n) is 5.21. The molecule has 0 radical (unpaired) electrons. The van der Waals surface area contributed by atoms with Crippen molar-refractivity contribution in [3.8, 4) is 0 Å². The monoisotopic (exact) mass is 353 g/mol. The van der Waals surface area contributed by atoms with Gasteiger partial charge in [0.1, 0.15) is 0 Å². The van der Waals surface area contributed by atoms with E-state index >= 15 is 0 Å². The Hall–Kier alpha value is -2.53. The normalized spacial score (nSPS) is 14.9.